The van der Waals surface area contributed by atoms with Crippen molar-refractivity contribution in [3.05, 3.63) is 23.8 Å². The van der Waals surface area contributed by atoms with E-state index in [1.54, 1.807) is 11.9 Å². The van der Waals surface area contributed by atoms with Gasteiger partial charge in [-0.3, -0.25) is 9.69 Å². The number of nitrogen functional groups attached to an aromatic ring is 1. The number of hydrogen-bond donors (Lipinski definition) is 2. The second kappa shape index (κ2) is 5.92. The van der Waals surface area contributed by atoms with E-state index >= 15 is 0 Å². The molecule has 0 saturated heterocycles. The third-order valence-corrected chi connectivity index (χ3v) is 2.60. The van der Waals surface area contributed by atoms with Crippen LogP contribution in [0.4, 0.5) is 24.5 Å². The van der Waals surface area contributed by atoms with Crippen molar-refractivity contribution in [3.8, 4) is 0 Å². The number of likely N-dealkylation sites (N-methyl/N-ethyl adjacent to an activating group) is 1. The van der Waals surface area contributed by atoms with Crippen LogP contribution in [-0.4, -0.2) is 30.9 Å². The Bertz CT molecular complexity index is 460. The van der Waals surface area contributed by atoms with Crippen LogP contribution in [0.1, 0.15) is 12.5 Å². The Morgan fingerprint density at radius 2 is 2.05 bits per heavy atom. The van der Waals surface area contributed by atoms with Crippen LogP contribution in [0.25, 0.3) is 0 Å². The predicted molar refractivity (Wildman–Crippen MR) is 67.7 cm³/mol. The minimum Gasteiger partial charge on any atom is -0.398 e. The van der Waals surface area contributed by atoms with Crippen molar-refractivity contribution < 1.29 is 18.0 Å². The first-order chi connectivity index (χ1) is 8.74. The molecule has 0 aliphatic carbocycles. The van der Waals surface area contributed by atoms with Crippen LogP contribution in [0, 0.1) is 0 Å². The Morgan fingerprint density at radius 1 is 1.42 bits per heavy atom. The molecular weight excluding hydrogens is 259 g/mol. The molecule has 0 heterocycles. The molecule has 3 N–H and O–H groups in total. The zero-order valence-electron chi connectivity index (χ0n) is 10.7. The number of carbonyl (C=O) groups excluding carboxylic acids is 1. The SMILES string of the molecule is CCN(C)CC(=O)Nc1ccc(N)c(C(F)(F)F)c1. The fourth-order valence-electron chi connectivity index (χ4n) is 1.44. The molecule has 0 aliphatic rings. The number of benzene rings is 1. The highest BCUT2D eigenvalue weighted by atomic mass is 19.4. The molecule has 0 aromatic heterocycles. The third kappa shape index (κ3) is 4.44. The Kier molecular flexibility index (Phi) is 4.77. The summed E-state index contributed by atoms with van der Waals surface area (Å²) < 4.78 is 37.9. The molecule has 0 spiro atoms. The fourth-order valence-corrected chi connectivity index (χ4v) is 1.44. The molecule has 7 heteroatoms. The van der Waals surface area contributed by atoms with E-state index in [-0.39, 0.29) is 23.8 Å². The van der Waals surface area contributed by atoms with Gasteiger partial charge in [0.25, 0.3) is 0 Å². The summed E-state index contributed by atoms with van der Waals surface area (Å²) in [6, 6.07) is 3.30. The van der Waals surface area contributed by atoms with E-state index in [0.717, 1.165) is 12.1 Å². The van der Waals surface area contributed by atoms with E-state index in [1.807, 2.05) is 6.92 Å². The summed E-state index contributed by atoms with van der Waals surface area (Å²) in [4.78, 5) is 13.3. The van der Waals surface area contributed by atoms with Gasteiger partial charge in [0.1, 0.15) is 0 Å². The Hall–Kier alpha value is -1.76. The largest absolute Gasteiger partial charge is 0.418 e. The number of carbonyl (C=O) groups is 1. The second-order valence-electron chi connectivity index (χ2n) is 4.18. The topological polar surface area (TPSA) is 58.4 Å². The summed E-state index contributed by atoms with van der Waals surface area (Å²) in [5.41, 5.74) is 4.03. The maximum atomic E-state index is 12.6. The summed E-state index contributed by atoms with van der Waals surface area (Å²) >= 11 is 0. The second-order valence-corrected chi connectivity index (χ2v) is 4.18. The van der Waals surface area contributed by atoms with Gasteiger partial charge in [0, 0.05) is 11.4 Å². The van der Waals surface area contributed by atoms with Gasteiger partial charge in [0.2, 0.25) is 5.91 Å². The van der Waals surface area contributed by atoms with Crippen LogP contribution in [0.3, 0.4) is 0 Å². The molecule has 0 fully saturated rings. The predicted octanol–water partition coefficient (Wildman–Crippen LogP) is 2.18. The van der Waals surface area contributed by atoms with E-state index in [1.165, 1.54) is 6.07 Å². The van der Waals surface area contributed by atoms with Crippen LogP contribution in [0.15, 0.2) is 18.2 Å². The number of anilines is 2. The lowest BCUT2D eigenvalue weighted by Crippen LogP contribution is -2.30. The first kappa shape index (κ1) is 15.3. The Labute approximate surface area is 109 Å². The molecule has 0 bridgehead atoms. The lowest BCUT2D eigenvalue weighted by molar-refractivity contribution is -0.136. The van der Waals surface area contributed by atoms with Gasteiger partial charge in [-0.15, -0.1) is 0 Å². The van der Waals surface area contributed by atoms with Gasteiger partial charge in [-0.2, -0.15) is 13.2 Å². The van der Waals surface area contributed by atoms with Crippen LogP contribution in [0.2, 0.25) is 0 Å². The van der Waals surface area contributed by atoms with Gasteiger partial charge in [0.15, 0.2) is 0 Å². The third-order valence-electron chi connectivity index (χ3n) is 2.60. The fraction of sp³-hybridized carbons (Fsp3) is 0.417. The molecule has 1 rings (SSSR count). The first-order valence-electron chi connectivity index (χ1n) is 5.69. The van der Waals surface area contributed by atoms with Crippen molar-refractivity contribution in [2.45, 2.75) is 13.1 Å². The first-order valence-corrected chi connectivity index (χ1v) is 5.69. The number of halogens is 3. The minimum absolute atomic E-state index is 0.0797. The number of nitrogens with zero attached hydrogens (tertiary/aromatic N) is 1. The van der Waals surface area contributed by atoms with Crippen LogP contribution in [-0.2, 0) is 11.0 Å². The van der Waals surface area contributed by atoms with Crippen molar-refractivity contribution in [3.63, 3.8) is 0 Å². The number of nitrogens with one attached hydrogen (secondary N) is 1. The normalized spacial score (nSPS) is 11.7. The zero-order chi connectivity index (χ0) is 14.6. The van der Waals surface area contributed by atoms with Crippen LogP contribution in [0.5, 0.6) is 0 Å². The quantitative estimate of drug-likeness (QED) is 0.828. The standard InChI is InChI=1S/C12H16F3N3O/c1-3-18(2)7-11(19)17-8-4-5-10(16)9(6-8)12(13,14)15/h4-6H,3,7,16H2,1-2H3,(H,17,19). The van der Waals surface area contributed by atoms with Crippen molar-refractivity contribution >= 4 is 17.3 Å². The van der Waals surface area contributed by atoms with Gasteiger partial charge < -0.3 is 11.1 Å². The average Bonchev–Trinajstić information content (AvgIpc) is 2.29. The summed E-state index contributed by atoms with van der Waals surface area (Å²) in [5, 5.41) is 2.41. The number of amides is 1. The van der Waals surface area contributed by atoms with Gasteiger partial charge >= 0.3 is 6.18 Å². The Morgan fingerprint density at radius 3 is 2.58 bits per heavy atom. The lowest BCUT2D eigenvalue weighted by atomic mass is 10.1. The van der Waals surface area contributed by atoms with E-state index < -0.39 is 11.7 Å². The highest BCUT2D eigenvalue weighted by molar-refractivity contribution is 5.92. The van der Waals surface area contributed by atoms with E-state index in [9.17, 15) is 18.0 Å². The highest BCUT2D eigenvalue weighted by Gasteiger charge is 2.33. The summed E-state index contributed by atoms with van der Waals surface area (Å²) in [6.07, 6.45) is -4.54. The molecule has 106 valence electrons. The molecule has 1 amide bonds. The van der Waals surface area contributed by atoms with Gasteiger partial charge in [-0.05, 0) is 31.8 Å². The van der Waals surface area contributed by atoms with Gasteiger partial charge in [-0.1, -0.05) is 6.92 Å². The lowest BCUT2D eigenvalue weighted by Gasteiger charge is -2.15. The van der Waals surface area contributed by atoms with E-state index in [4.69, 9.17) is 5.73 Å². The van der Waals surface area contributed by atoms with Crippen molar-refractivity contribution in [1.82, 2.24) is 4.90 Å². The highest BCUT2D eigenvalue weighted by Crippen LogP contribution is 2.35. The molecule has 1 aromatic carbocycles. The van der Waals surface area contributed by atoms with Crippen molar-refractivity contribution in [2.24, 2.45) is 0 Å². The maximum Gasteiger partial charge on any atom is 0.418 e. The van der Waals surface area contributed by atoms with Crippen LogP contribution >= 0.6 is 0 Å². The smallest absolute Gasteiger partial charge is 0.398 e. The molecule has 0 aliphatic heterocycles. The maximum absolute atomic E-state index is 12.6. The number of hydrogen-bond acceptors (Lipinski definition) is 3. The van der Waals surface area contributed by atoms with E-state index in [0.29, 0.717) is 6.54 Å². The molecule has 0 unspecified atom stereocenters. The number of nitrogens with two attached hydrogens (primary N) is 1. The molecule has 1 aromatic rings. The summed E-state index contributed by atoms with van der Waals surface area (Å²) in [5.74, 6) is -0.373. The Balaban J connectivity index is 2.83. The molecule has 19 heavy (non-hydrogen) atoms. The average molecular weight is 275 g/mol. The molecule has 0 atom stereocenters. The van der Waals surface area contributed by atoms with Gasteiger partial charge in [0.05, 0.1) is 12.1 Å². The minimum atomic E-state index is -4.54. The van der Waals surface area contributed by atoms with Crippen molar-refractivity contribution in [1.29, 1.82) is 0 Å². The van der Waals surface area contributed by atoms with Crippen LogP contribution < -0.4 is 11.1 Å². The number of alkyl halides is 3. The summed E-state index contributed by atoms with van der Waals surface area (Å²) in [6.45, 7) is 2.66. The van der Waals surface area contributed by atoms with Crippen molar-refractivity contribution in [2.75, 3.05) is 31.2 Å². The monoisotopic (exact) mass is 275 g/mol. The zero-order valence-corrected chi connectivity index (χ0v) is 10.7. The van der Waals surface area contributed by atoms with Gasteiger partial charge in [-0.25, -0.2) is 0 Å². The molecular formula is C12H16F3N3O. The van der Waals surface area contributed by atoms with E-state index in [2.05, 4.69) is 5.32 Å². The number of rotatable bonds is 4. The molecule has 0 radical (unpaired) electrons. The molecule has 4 nitrogen and oxygen atoms in total. The summed E-state index contributed by atoms with van der Waals surface area (Å²) in [7, 11) is 1.74. The molecule has 0 saturated carbocycles.